The first-order chi connectivity index (χ1) is 5.29. The molecule has 56 valence electrons. The average molecular weight is 184 g/mol. The van der Waals surface area contributed by atoms with Crippen molar-refractivity contribution >= 4 is 20.8 Å². The molecule has 0 saturated carbocycles. The van der Waals surface area contributed by atoms with E-state index in [0.717, 1.165) is 11.7 Å². The fourth-order valence-electron chi connectivity index (χ4n) is 0.871. The Morgan fingerprint density at radius 2 is 2.27 bits per heavy atom. The standard InChI is InChI=1S/C8H7ClNP/c9-8-3-1-2-6(4-10)7(8)5-11/h1-3H,5,11H2. The smallest absolute Gasteiger partial charge is 0.0995 e. The highest BCUT2D eigenvalue weighted by Crippen LogP contribution is 2.21. The zero-order valence-electron chi connectivity index (χ0n) is 5.84. The number of rotatable bonds is 1. The Hall–Kier alpha value is -0.570. The van der Waals surface area contributed by atoms with Gasteiger partial charge in [-0.1, -0.05) is 17.7 Å². The molecular weight excluding hydrogens is 177 g/mol. The van der Waals surface area contributed by atoms with Gasteiger partial charge in [-0.25, -0.2) is 0 Å². The lowest BCUT2D eigenvalue weighted by molar-refractivity contribution is 1.36. The van der Waals surface area contributed by atoms with Gasteiger partial charge in [-0.2, -0.15) is 5.26 Å². The van der Waals surface area contributed by atoms with Crippen LogP contribution in [0.15, 0.2) is 18.2 Å². The van der Waals surface area contributed by atoms with Crippen molar-refractivity contribution in [1.82, 2.24) is 0 Å². The van der Waals surface area contributed by atoms with Crippen molar-refractivity contribution < 1.29 is 0 Å². The fourth-order valence-corrected chi connectivity index (χ4v) is 1.69. The van der Waals surface area contributed by atoms with Crippen LogP contribution in [0.3, 0.4) is 0 Å². The van der Waals surface area contributed by atoms with Gasteiger partial charge in [0.05, 0.1) is 11.6 Å². The minimum absolute atomic E-state index is 0.660. The van der Waals surface area contributed by atoms with Crippen molar-refractivity contribution in [2.75, 3.05) is 0 Å². The van der Waals surface area contributed by atoms with E-state index in [-0.39, 0.29) is 0 Å². The van der Waals surface area contributed by atoms with Gasteiger partial charge in [0, 0.05) is 5.02 Å². The molecule has 1 aromatic rings. The van der Waals surface area contributed by atoms with Gasteiger partial charge in [0.1, 0.15) is 0 Å². The minimum Gasteiger partial charge on any atom is -0.192 e. The van der Waals surface area contributed by atoms with E-state index >= 15 is 0 Å². The van der Waals surface area contributed by atoms with E-state index in [9.17, 15) is 0 Å². The molecule has 1 nitrogen and oxygen atoms in total. The van der Waals surface area contributed by atoms with Crippen LogP contribution in [-0.2, 0) is 6.16 Å². The predicted molar refractivity (Wildman–Crippen MR) is 49.6 cm³/mol. The summed E-state index contributed by atoms with van der Waals surface area (Å²) in [5, 5.41) is 9.32. The molecule has 1 atom stereocenters. The molecule has 0 bridgehead atoms. The first-order valence-corrected chi connectivity index (χ1v) is 4.36. The van der Waals surface area contributed by atoms with Crippen LogP contribution in [-0.4, -0.2) is 0 Å². The average Bonchev–Trinajstić information content (AvgIpc) is 2.04. The molecule has 0 aliphatic rings. The van der Waals surface area contributed by atoms with E-state index < -0.39 is 0 Å². The van der Waals surface area contributed by atoms with Crippen molar-refractivity contribution in [2.45, 2.75) is 6.16 Å². The summed E-state index contributed by atoms with van der Waals surface area (Å²) >= 11 is 5.84. The van der Waals surface area contributed by atoms with Crippen LogP contribution >= 0.6 is 20.8 Å². The van der Waals surface area contributed by atoms with Crippen LogP contribution in [0.25, 0.3) is 0 Å². The van der Waals surface area contributed by atoms with Crippen molar-refractivity contribution in [3.05, 3.63) is 34.3 Å². The van der Waals surface area contributed by atoms with Crippen LogP contribution in [0.5, 0.6) is 0 Å². The van der Waals surface area contributed by atoms with Crippen LogP contribution in [0.1, 0.15) is 11.1 Å². The van der Waals surface area contributed by atoms with Crippen LogP contribution < -0.4 is 0 Å². The lowest BCUT2D eigenvalue weighted by atomic mass is 10.1. The molecule has 1 aromatic carbocycles. The van der Waals surface area contributed by atoms with Gasteiger partial charge in [0.15, 0.2) is 0 Å². The van der Waals surface area contributed by atoms with E-state index in [2.05, 4.69) is 15.3 Å². The van der Waals surface area contributed by atoms with E-state index in [1.165, 1.54) is 0 Å². The highest BCUT2D eigenvalue weighted by molar-refractivity contribution is 7.15. The second-order valence-corrected chi connectivity index (χ2v) is 2.90. The van der Waals surface area contributed by atoms with E-state index in [0.29, 0.717) is 10.6 Å². The van der Waals surface area contributed by atoms with Gasteiger partial charge in [0.25, 0.3) is 0 Å². The maximum Gasteiger partial charge on any atom is 0.0995 e. The second-order valence-electron chi connectivity index (χ2n) is 2.08. The predicted octanol–water partition coefficient (Wildman–Crippen LogP) is 2.59. The van der Waals surface area contributed by atoms with Gasteiger partial charge in [0.2, 0.25) is 0 Å². The molecule has 0 aliphatic heterocycles. The number of halogens is 1. The summed E-state index contributed by atoms with van der Waals surface area (Å²) in [6.07, 6.45) is 0.725. The summed E-state index contributed by atoms with van der Waals surface area (Å²) in [6, 6.07) is 7.43. The van der Waals surface area contributed by atoms with Crippen molar-refractivity contribution in [3.8, 4) is 6.07 Å². The van der Waals surface area contributed by atoms with Crippen molar-refractivity contribution in [3.63, 3.8) is 0 Å². The molecule has 1 rings (SSSR count). The number of hydrogen-bond donors (Lipinski definition) is 0. The van der Waals surface area contributed by atoms with E-state index in [1.807, 2.05) is 0 Å². The molecule has 11 heavy (non-hydrogen) atoms. The van der Waals surface area contributed by atoms with Crippen molar-refractivity contribution in [1.29, 1.82) is 5.26 Å². The zero-order chi connectivity index (χ0) is 8.27. The van der Waals surface area contributed by atoms with Crippen LogP contribution in [0.4, 0.5) is 0 Å². The Kier molecular flexibility index (Phi) is 2.88. The number of nitriles is 1. The van der Waals surface area contributed by atoms with Gasteiger partial charge < -0.3 is 0 Å². The Bertz CT molecular complexity index is 303. The normalized spacial score (nSPS) is 9.18. The molecule has 0 radical (unpaired) electrons. The van der Waals surface area contributed by atoms with Gasteiger partial charge in [-0.05, 0) is 23.9 Å². The monoisotopic (exact) mass is 183 g/mol. The molecule has 0 aliphatic carbocycles. The summed E-state index contributed by atoms with van der Waals surface area (Å²) < 4.78 is 0. The topological polar surface area (TPSA) is 23.8 Å². The Morgan fingerprint density at radius 1 is 1.55 bits per heavy atom. The summed E-state index contributed by atoms with van der Waals surface area (Å²) in [5.74, 6) is 0. The fraction of sp³-hybridized carbons (Fsp3) is 0.125. The van der Waals surface area contributed by atoms with Gasteiger partial charge >= 0.3 is 0 Å². The Balaban J connectivity index is 3.27. The molecule has 0 saturated heterocycles. The molecular formula is C8H7ClNP. The second kappa shape index (κ2) is 3.72. The maximum absolute atomic E-state index is 8.66. The summed E-state index contributed by atoms with van der Waals surface area (Å²) in [6.45, 7) is 0. The summed E-state index contributed by atoms with van der Waals surface area (Å²) in [4.78, 5) is 0. The first kappa shape index (κ1) is 8.53. The highest BCUT2D eigenvalue weighted by Gasteiger charge is 2.02. The van der Waals surface area contributed by atoms with Gasteiger partial charge in [-0.15, -0.1) is 9.24 Å². The molecule has 0 heterocycles. The van der Waals surface area contributed by atoms with E-state index in [1.54, 1.807) is 18.2 Å². The molecule has 0 fully saturated rings. The first-order valence-electron chi connectivity index (χ1n) is 3.17. The molecule has 0 aromatic heterocycles. The lowest BCUT2D eigenvalue weighted by Gasteiger charge is -2.00. The third kappa shape index (κ3) is 1.71. The summed E-state index contributed by atoms with van der Waals surface area (Å²) in [5.41, 5.74) is 1.56. The largest absolute Gasteiger partial charge is 0.192 e. The number of nitrogens with zero attached hydrogens (tertiary/aromatic N) is 1. The molecule has 0 amide bonds. The SMILES string of the molecule is N#Cc1cccc(Cl)c1CP. The van der Waals surface area contributed by atoms with Crippen molar-refractivity contribution in [2.24, 2.45) is 0 Å². The molecule has 0 spiro atoms. The Labute approximate surface area is 73.2 Å². The third-order valence-electron chi connectivity index (χ3n) is 1.44. The molecule has 0 N–H and O–H groups in total. The van der Waals surface area contributed by atoms with Crippen LogP contribution in [0, 0.1) is 11.3 Å². The van der Waals surface area contributed by atoms with Crippen LogP contribution in [0.2, 0.25) is 5.02 Å². The zero-order valence-corrected chi connectivity index (χ0v) is 7.75. The quantitative estimate of drug-likeness (QED) is 0.614. The lowest BCUT2D eigenvalue weighted by Crippen LogP contribution is -1.85. The van der Waals surface area contributed by atoms with E-state index in [4.69, 9.17) is 16.9 Å². The maximum atomic E-state index is 8.66. The third-order valence-corrected chi connectivity index (χ3v) is 2.21. The van der Waals surface area contributed by atoms with Gasteiger partial charge in [-0.3, -0.25) is 0 Å². The summed E-state index contributed by atoms with van der Waals surface area (Å²) in [7, 11) is 2.56. The minimum atomic E-state index is 0.660. The molecule has 3 heteroatoms. The number of hydrogen-bond acceptors (Lipinski definition) is 1. The Morgan fingerprint density at radius 3 is 2.73 bits per heavy atom. The number of benzene rings is 1. The highest BCUT2D eigenvalue weighted by atomic mass is 35.5. The molecule has 1 unspecified atom stereocenters.